The van der Waals surface area contributed by atoms with Gasteiger partial charge in [0.05, 0.1) is 11.1 Å². The lowest BCUT2D eigenvalue weighted by Crippen LogP contribution is -2.04. The van der Waals surface area contributed by atoms with Crippen LogP contribution in [0.25, 0.3) is 10.9 Å². The Bertz CT molecular complexity index is 710. The molecule has 1 heterocycles. The first-order valence-electron chi connectivity index (χ1n) is 7.03. The number of aromatic nitrogens is 1. The van der Waals surface area contributed by atoms with Crippen LogP contribution in [-0.2, 0) is 6.42 Å². The van der Waals surface area contributed by atoms with Gasteiger partial charge < -0.3 is 16.0 Å². The number of fused-ring (bicyclic) bond motifs is 2. The average Bonchev–Trinajstić information content (AvgIpc) is 3.12. The normalized spacial score (nSPS) is 30.1. The van der Waals surface area contributed by atoms with Crippen LogP contribution in [0.15, 0.2) is 36.7 Å². The summed E-state index contributed by atoms with van der Waals surface area (Å²) >= 11 is 0. The monoisotopic (exact) mass is 271 g/mol. The molecule has 1 aromatic heterocycles. The minimum absolute atomic E-state index is 0.272. The first-order valence-corrected chi connectivity index (χ1v) is 7.03. The number of benzene rings is 1. The molecule has 0 radical (unpaired) electrons. The predicted molar refractivity (Wildman–Crippen MR) is 79.3 cm³/mol. The summed E-state index contributed by atoms with van der Waals surface area (Å²) in [7, 11) is 0. The predicted octanol–water partition coefficient (Wildman–Crippen LogP) is 3.10. The molecule has 0 saturated heterocycles. The maximum atomic E-state index is 13.8. The molecule has 3 nitrogen and oxygen atoms in total. The van der Waals surface area contributed by atoms with Gasteiger partial charge in [-0.15, -0.1) is 0 Å². The van der Waals surface area contributed by atoms with Crippen LogP contribution in [0.5, 0.6) is 0 Å². The number of hydrogen-bond donors (Lipinski definition) is 3. The van der Waals surface area contributed by atoms with Gasteiger partial charge in [-0.25, -0.2) is 4.39 Å². The van der Waals surface area contributed by atoms with Gasteiger partial charge in [0, 0.05) is 22.8 Å². The summed E-state index contributed by atoms with van der Waals surface area (Å²) in [5.41, 5.74) is 8.44. The standard InChI is InChI=1S/C16H18FN3/c1-10(15-8-16(15,17)9-15)20-14-7-19-13-3-2-11(4-5-18)6-12(13)14/h2-3,6-7,19-20H,1,4-5,8-9,18H2. The van der Waals surface area contributed by atoms with Crippen molar-refractivity contribution in [3.63, 3.8) is 0 Å². The van der Waals surface area contributed by atoms with Crippen molar-refractivity contribution in [2.24, 2.45) is 11.1 Å². The molecule has 2 saturated carbocycles. The number of allylic oxidation sites excluding steroid dienone is 1. The fourth-order valence-electron chi connectivity index (χ4n) is 3.18. The Morgan fingerprint density at radius 2 is 2.20 bits per heavy atom. The molecular weight excluding hydrogens is 253 g/mol. The summed E-state index contributed by atoms with van der Waals surface area (Å²) in [5, 5.41) is 4.42. The third-order valence-electron chi connectivity index (χ3n) is 4.81. The van der Waals surface area contributed by atoms with Gasteiger partial charge >= 0.3 is 0 Å². The molecule has 2 aromatic rings. The maximum absolute atomic E-state index is 13.8. The molecule has 4 heteroatoms. The molecule has 4 N–H and O–H groups in total. The molecule has 20 heavy (non-hydrogen) atoms. The van der Waals surface area contributed by atoms with E-state index in [2.05, 4.69) is 35.1 Å². The third kappa shape index (κ3) is 1.48. The highest BCUT2D eigenvalue weighted by Gasteiger charge is 2.86. The summed E-state index contributed by atoms with van der Waals surface area (Å²) in [6, 6.07) is 6.27. The second kappa shape index (κ2) is 3.64. The van der Waals surface area contributed by atoms with Crippen LogP contribution in [0.2, 0.25) is 0 Å². The minimum Gasteiger partial charge on any atom is -0.359 e. The van der Waals surface area contributed by atoms with E-state index in [0.717, 1.165) is 28.7 Å². The first-order chi connectivity index (χ1) is 9.58. The van der Waals surface area contributed by atoms with E-state index in [0.29, 0.717) is 19.4 Å². The van der Waals surface area contributed by atoms with E-state index < -0.39 is 5.67 Å². The SMILES string of the molecule is C=C(Nc1c[nH]c2ccc(CCN)cc12)C12CC1(F)C2. The molecule has 0 spiro atoms. The Morgan fingerprint density at radius 1 is 1.45 bits per heavy atom. The maximum Gasteiger partial charge on any atom is 0.124 e. The molecule has 0 aliphatic heterocycles. The van der Waals surface area contributed by atoms with Crippen LogP contribution < -0.4 is 11.1 Å². The van der Waals surface area contributed by atoms with Crippen LogP contribution in [0.4, 0.5) is 10.1 Å². The van der Waals surface area contributed by atoms with Crippen LogP contribution in [0.3, 0.4) is 0 Å². The third-order valence-corrected chi connectivity index (χ3v) is 4.81. The minimum atomic E-state index is -0.950. The number of H-pyrrole nitrogens is 1. The molecule has 4 rings (SSSR count). The lowest BCUT2D eigenvalue weighted by molar-refractivity contribution is 0.390. The van der Waals surface area contributed by atoms with Crippen molar-refractivity contribution >= 4 is 16.6 Å². The van der Waals surface area contributed by atoms with Gasteiger partial charge in [0.25, 0.3) is 0 Å². The van der Waals surface area contributed by atoms with Gasteiger partial charge in [-0.1, -0.05) is 12.6 Å². The highest BCUT2D eigenvalue weighted by Crippen LogP contribution is 2.84. The Kier molecular flexibility index (Phi) is 2.18. The Labute approximate surface area is 117 Å². The molecule has 0 unspecified atom stereocenters. The molecule has 0 amide bonds. The van der Waals surface area contributed by atoms with E-state index in [9.17, 15) is 4.39 Å². The van der Waals surface area contributed by atoms with Crippen LogP contribution >= 0.6 is 0 Å². The first kappa shape index (κ1) is 12.0. The second-order valence-electron chi connectivity index (χ2n) is 6.13. The van der Waals surface area contributed by atoms with Crippen molar-refractivity contribution in [1.29, 1.82) is 0 Å². The van der Waals surface area contributed by atoms with Crippen molar-refractivity contribution in [2.45, 2.75) is 24.9 Å². The number of anilines is 1. The number of halogens is 1. The lowest BCUT2D eigenvalue weighted by atomic mass is 10.1. The Balaban J connectivity index is 1.63. The highest BCUT2D eigenvalue weighted by atomic mass is 19.1. The molecule has 104 valence electrons. The molecule has 2 aliphatic carbocycles. The van der Waals surface area contributed by atoms with E-state index in [4.69, 9.17) is 5.73 Å². The van der Waals surface area contributed by atoms with Crippen molar-refractivity contribution in [3.05, 3.63) is 42.2 Å². The van der Waals surface area contributed by atoms with E-state index in [1.54, 1.807) is 0 Å². The van der Waals surface area contributed by atoms with E-state index in [-0.39, 0.29) is 5.41 Å². The summed E-state index contributed by atoms with van der Waals surface area (Å²) in [4.78, 5) is 3.23. The van der Waals surface area contributed by atoms with Crippen LogP contribution in [-0.4, -0.2) is 17.2 Å². The summed E-state index contributed by atoms with van der Waals surface area (Å²) in [6.07, 6.45) is 4.04. The van der Waals surface area contributed by atoms with Gasteiger partial charge in [-0.2, -0.15) is 0 Å². The van der Waals surface area contributed by atoms with Gasteiger partial charge in [0.15, 0.2) is 0 Å². The number of hydrogen-bond acceptors (Lipinski definition) is 2. The number of nitrogens with two attached hydrogens (primary N) is 1. The van der Waals surface area contributed by atoms with Crippen molar-refractivity contribution in [3.8, 4) is 0 Å². The molecule has 2 aliphatic rings. The topological polar surface area (TPSA) is 53.8 Å². The Morgan fingerprint density at radius 3 is 2.85 bits per heavy atom. The lowest BCUT2D eigenvalue weighted by Gasteiger charge is -2.10. The fourth-order valence-corrected chi connectivity index (χ4v) is 3.18. The van der Waals surface area contributed by atoms with Crippen molar-refractivity contribution in [2.75, 3.05) is 11.9 Å². The van der Waals surface area contributed by atoms with Gasteiger partial charge in [-0.05, 0) is 43.5 Å². The Hall–Kier alpha value is -1.81. The van der Waals surface area contributed by atoms with Gasteiger partial charge in [-0.3, -0.25) is 0 Å². The number of nitrogens with one attached hydrogen (secondary N) is 2. The zero-order valence-corrected chi connectivity index (χ0v) is 11.3. The smallest absolute Gasteiger partial charge is 0.124 e. The second-order valence-corrected chi connectivity index (χ2v) is 6.13. The van der Waals surface area contributed by atoms with Crippen molar-refractivity contribution < 1.29 is 4.39 Å². The zero-order chi connectivity index (χ0) is 14.0. The highest BCUT2D eigenvalue weighted by molar-refractivity contribution is 5.93. The van der Waals surface area contributed by atoms with Crippen molar-refractivity contribution in [1.82, 2.24) is 4.98 Å². The number of aromatic amines is 1. The van der Waals surface area contributed by atoms with E-state index in [1.165, 1.54) is 5.56 Å². The quantitative estimate of drug-likeness (QED) is 0.782. The largest absolute Gasteiger partial charge is 0.359 e. The molecular formula is C16H18FN3. The van der Waals surface area contributed by atoms with Crippen LogP contribution in [0.1, 0.15) is 18.4 Å². The number of rotatable bonds is 5. The molecule has 2 fully saturated rings. The molecule has 0 atom stereocenters. The fraction of sp³-hybridized carbons (Fsp3) is 0.375. The van der Waals surface area contributed by atoms with Crippen LogP contribution in [0, 0.1) is 5.41 Å². The summed E-state index contributed by atoms with van der Waals surface area (Å²) in [6.45, 7) is 4.67. The van der Waals surface area contributed by atoms with E-state index >= 15 is 0 Å². The zero-order valence-electron chi connectivity index (χ0n) is 11.3. The number of alkyl halides is 1. The van der Waals surface area contributed by atoms with Gasteiger partial charge in [0.2, 0.25) is 0 Å². The summed E-state index contributed by atoms with van der Waals surface area (Å²) < 4.78 is 13.8. The average molecular weight is 271 g/mol. The van der Waals surface area contributed by atoms with E-state index in [1.807, 2.05) is 6.20 Å². The van der Waals surface area contributed by atoms with Gasteiger partial charge in [0.1, 0.15) is 5.67 Å². The molecule has 1 aromatic carbocycles. The molecule has 0 bridgehead atoms. The summed E-state index contributed by atoms with van der Waals surface area (Å²) in [5.74, 6) is 0.